The molecule has 1 heteroatoms. The Bertz CT molecular complexity index is 393. The molecule has 1 aromatic carbocycles. The number of rotatable bonds is 2. The van der Waals surface area contributed by atoms with Crippen LogP contribution in [-0.2, 0) is 6.42 Å². The molecule has 0 aliphatic heterocycles. The highest BCUT2D eigenvalue weighted by Crippen LogP contribution is 2.22. The highest BCUT2D eigenvalue weighted by atomic mass is 32.1. The minimum atomic E-state index is 1.07. The lowest BCUT2D eigenvalue weighted by atomic mass is 10.1. The van der Waals surface area contributed by atoms with Crippen LogP contribution in [0.2, 0.25) is 0 Å². The molecule has 72 valence electrons. The van der Waals surface area contributed by atoms with Crippen molar-refractivity contribution in [1.29, 1.82) is 0 Å². The van der Waals surface area contributed by atoms with Gasteiger partial charge in [-0.15, -0.1) is 11.3 Å². The quantitative estimate of drug-likeness (QED) is 0.691. The zero-order chi connectivity index (χ0) is 9.97. The molecule has 14 heavy (non-hydrogen) atoms. The van der Waals surface area contributed by atoms with E-state index in [9.17, 15) is 0 Å². The summed E-state index contributed by atoms with van der Waals surface area (Å²) in [7, 11) is 0. The van der Waals surface area contributed by atoms with E-state index in [1.54, 1.807) is 0 Å². The van der Waals surface area contributed by atoms with Gasteiger partial charge in [0.15, 0.2) is 0 Å². The number of benzene rings is 1. The summed E-state index contributed by atoms with van der Waals surface area (Å²) in [6.45, 7) is 4.37. The van der Waals surface area contributed by atoms with Gasteiger partial charge in [0.25, 0.3) is 0 Å². The van der Waals surface area contributed by atoms with Gasteiger partial charge in [0.1, 0.15) is 0 Å². The van der Waals surface area contributed by atoms with E-state index in [0.717, 1.165) is 6.42 Å². The largest absolute Gasteiger partial charge is 0.145 e. The van der Waals surface area contributed by atoms with Gasteiger partial charge >= 0.3 is 0 Å². The van der Waals surface area contributed by atoms with Crippen molar-refractivity contribution in [3.05, 3.63) is 57.3 Å². The Morgan fingerprint density at radius 2 is 1.79 bits per heavy atom. The normalized spacial score (nSPS) is 10.4. The molecule has 0 bridgehead atoms. The molecular weight excluding hydrogens is 188 g/mol. The highest BCUT2D eigenvalue weighted by Gasteiger charge is 2.01. The fraction of sp³-hybridized carbons (Fsp3) is 0.231. The van der Waals surface area contributed by atoms with E-state index >= 15 is 0 Å². The average molecular weight is 202 g/mol. The zero-order valence-corrected chi connectivity index (χ0v) is 9.40. The topological polar surface area (TPSA) is 0 Å². The first-order valence-corrected chi connectivity index (χ1v) is 5.67. The summed E-state index contributed by atoms with van der Waals surface area (Å²) >= 11 is 1.91. The van der Waals surface area contributed by atoms with Crippen LogP contribution in [0.4, 0.5) is 0 Å². The first-order valence-electron chi connectivity index (χ1n) is 4.85. The van der Waals surface area contributed by atoms with E-state index in [4.69, 9.17) is 0 Å². The summed E-state index contributed by atoms with van der Waals surface area (Å²) in [6.07, 6.45) is 1.07. The summed E-state index contributed by atoms with van der Waals surface area (Å²) in [6, 6.07) is 12.9. The molecule has 0 spiro atoms. The Morgan fingerprint density at radius 3 is 2.36 bits per heavy atom. The molecule has 2 rings (SSSR count). The van der Waals surface area contributed by atoms with Gasteiger partial charge in [-0.05, 0) is 31.0 Å². The maximum Gasteiger partial charge on any atom is 0.00946 e. The van der Waals surface area contributed by atoms with Crippen LogP contribution in [0.15, 0.2) is 36.4 Å². The summed E-state index contributed by atoms with van der Waals surface area (Å²) in [5.74, 6) is 0. The lowest BCUT2D eigenvalue weighted by Gasteiger charge is -1.96. The predicted molar refractivity (Wildman–Crippen MR) is 63.0 cm³/mol. The summed E-state index contributed by atoms with van der Waals surface area (Å²) in [5.41, 5.74) is 2.81. The van der Waals surface area contributed by atoms with E-state index in [-0.39, 0.29) is 0 Å². The van der Waals surface area contributed by atoms with Gasteiger partial charge in [-0.25, -0.2) is 0 Å². The van der Waals surface area contributed by atoms with Crippen LogP contribution in [0, 0.1) is 13.8 Å². The van der Waals surface area contributed by atoms with E-state index in [0.29, 0.717) is 0 Å². The number of hydrogen-bond acceptors (Lipinski definition) is 1. The molecule has 0 aliphatic carbocycles. The van der Waals surface area contributed by atoms with Gasteiger partial charge in [0.2, 0.25) is 0 Å². The molecule has 1 heterocycles. The van der Waals surface area contributed by atoms with E-state index < -0.39 is 0 Å². The molecule has 1 aromatic heterocycles. The van der Waals surface area contributed by atoms with Crippen LogP contribution in [0.25, 0.3) is 0 Å². The second-order valence-corrected chi connectivity index (χ2v) is 4.96. The van der Waals surface area contributed by atoms with Crippen molar-refractivity contribution in [2.75, 3.05) is 0 Å². The van der Waals surface area contributed by atoms with Gasteiger partial charge < -0.3 is 0 Å². The lowest BCUT2D eigenvalue weighted by Crippen LogP contribution is -1.82. The first kappa shape index (κ1) is 9.47. The maximum atomic E-state index is 2.30. The Hall–Kier alpha value is -1.08. The fourth-order valence-electron chi connectivity index (χ4n) is 1.53. The Kier molecular flexibility index (Phi) is 2.69. The smallest absolute Gasteiger partial charge is 0.00946 e. The summed E-state index contributed by atoms with van der Waals surface area (Å²) in [4.78, 5) is 2.90. The van der Waals surface area contributed by atoms with E-state index in [1.807, 2.05) is 11.3 Å². The first-order chi connectivity index (χ1) is 6.75. The third-order valence-electron chi connectivity index (χ3n) is 2.44. The Labute approximate surface area is 89.2 Å². The Morgan fingerprint density at radius 1 is 1.07 bits per heavy atom. The summed E-state index contributed by atoms with van der Waals surface area (Å²) < 4.78 is 0. The molecular formula is C13H14S. The standard InChI is InChI=1S/C13H14S/c1-10-8-13(14-11(10)2)9-12-6-4-3-5-7-12/h3-8H,9H2,1-2H3. The van der Waals surface area contributed by atoms with Gasteiger partial charge in [0.05, 0.1) is 0 Å². The highest BCUT2D eigenvalue weighted by molar-refractivity contribution is 7.12. The molecule has 0 N–H and O–H groups in total. The molecule has 0 unspecified atom stereocenters. The van der Waals surface area contributed by atoms with Crippen LogP contribution in [0.1, 0.15) is 20.9 Å². The minimum absolute atomic E-state index is 1.07. The molecule has 0 saturated carbocycles. The summed E-state index contributed by atoms with van der Waals surface area (Å²) in [5, 5.41) is 0. The van der Waals surface area contributed by atoms with Crippen molar-refractivity contribution in [1.82, 2.24) is 0 Å². The Balaban J connectivity index is 2.19. The van der Waals surface area contributed by atoms with Crippen LogP contribution >= 0.6 is 11.3 Å². The van der Waals surface area contributed by atoms with Crippen LogP contribution < -0.4 is 0 Å². The van der Waals surface area contributed by atoms with Gasteiger partial charge in [-0.2, -0.15) is 0 Å². The minimum Gasteiger partial charge on any atom is -0.145 e. The molecule has 0 fully saturated rings. The molecule has 0 atom stereocenters. The van der Waals surface area contributed by atoms with Crippen molar-refractivity contribution in [2.45, 2.75) is 20.3 Å². The molecule has 0 nitrogen and oxygen atoms in total. The van der Waals surface area contributed by atoms with Crippen LogP contribution in [-0.4, -0.2) is 0 Å². The van der Waals surface area contributed by atoms with Crippen molar-refractivity contribution in [3.63, 3.8) is 0 Å². The van der Waals surface area contributed by atoms with Crippen molar-refractivity contribution < 1.29 is 0 Å². The van der Waals surface area contributed by atoms with Crippen molar-refractivity contribution >= 4 is 11.3 Å². The number of aryl methyl sites for hydroxylation is 2. The van der Waals surface area contributed by atoms with Crippen LogP contribution in [0.5, 0.6) is 0 Å². The van der Waals surface area contributed by atoms with Gasteiger partial charge in [-0.3, -0.25) is 0 Å². The number of hydrogen-bond donors (Lipinski definition) is 0. The van der Waals surface area contributed by atoms with Gasteiger partial charge in [-0.1, -0.05) is 30.3 Å². The van der Waals surface area contributed by atoms with Gasteiger partial charge in [0, 0.05) is 16.2 Å². The van der Waals surface area contributed by atoms with E-state index in [1.165, 1.54) is 20.9 Å². The van der Waals surface area contributed by atoms with Crippen molar-refractivity contribution in [3.8, 4) is 0 Å². The molecule has 0 radical (unpaired) electrons. The second-order valence-electron chi connectivity index (χ2n) is 3.61. The third kappa shape index (κ3) is 2.05. The molecule has 2 aromatic rings. The third-order valence-corrected chi connectivity index (χ3v) is 3.59. The second kappa shape index (κ2) is 3.97. The lowest BCUT2D eigenvalue weighted by molar-refractivity contribution is 1.24. The monoisotopic (exact) mass is 202 g/mol. The predicted octanol–water partition coefficient (Wildman–Crippen LogP) is 3.96. The van der Waals surface area contributed by atoms with Crippen molar-refractivity contribution in [2.24, 2.45) is 0 Å². The number of thiophene rings is 1. The molecule has 0 amide bonds. The van der Waals surface area contributed by atoms with E-state index in [2.05, 4.69) is 50.2 Å². The maximum absolute atomic E-state index is 2.30. The fourth-order valence-corrected chi connectivity index (χ4v) is 2.62. The average Bonchev–Trinajstić information content (AvgIpc) is 2.47. The van der Waals surface area contributed by atoms with Crippen LogP contribution in [0.3, 0.4) is 0 Å². The molecule has 0 saturated heterocycles. The SMILES string of the molecule is Cc1cc(Cc2ccccc2)sc1C. The zero-order valence-electron chi connectivity index (χ0n) is 8.58. The molecule has 0 aliphatic rings.